The van der Waals surface area contributed by atoms with E-state index in [1.807, 2.05) is 30.3 Å². The Kier molecular flexibility index (Phi) is 7.33. The van der Waals surface area contributed by atoms with Gasteiger partial charge in [0.05, 0.1) is 7.11 Å². The molecule has 32 heavy (non-hydrogen) atoms. The van der Waals surface area contributed by atoms with Crippen LogP contribution in [0.25, 0.3) is 0 Å². The van der Waals surface area contributed by atoms with Crippen LogP contribution in [0.5, 0.6) is 5.75 Å². The highest BCUT2D eigenvalue weighted by Crippen LogP contribution is 2.24. The molecule has 1 saturated heterocycles. The van der Waals surface area contributed by atoms with Crippen molar-refractivity contribution in [1.82, 2.24) is 15.5 Å². The van der Waals surface area contributed by atoms with Crippen LogP contribution in [0.1, 0.15) is 34.5 Å². The molecule has 0 bridgehead atoms. The van der Waals surface area contributed by atoms with E-state index in [4.69, 9.17) is 4.74 Å². The SMILES string of the molecule is COc1ccc(CCNC(=O)c2ccc(N3CCC(Cc4ccccc4)CC3)nn2)cc1. The van der Waals surface area contributed by atoms with Crippen molar-refractivity contribution in [3.63, 3.8) is 0 Å². The molecule has 166 valence electrons. The lowest BCUT2D eigenvalue weighted by Gasteiger charge is -2.32. The summed E-state index contributed by atoms with van der Waals surface area (Å²) in [5.74, 6) is 2.18. The largest absolute Gasteiger partial charge is 0.497 e. The predicted octanol–water partition coefficient (Wildman–Crippen LogP) is 3.92. The van der Waals surface area contributed by atoms with Gasteiger partial charge in [0.15, 0.2) is 11.5 Å². The normalized spacial score (nSPS) is 14.2. The minimum atomic E-state index is -0.195. The summed E-state index contributed by atoms with van der Waals surface area (Å²) < 4.78 is 5.16. The number of hydrogen-bond acceptors (Lipinski definition) is 5. The molecule has 0 aliphatic carbocycles. The van der Waals surface area contributed by atoms with Crippen LogP contribution in [-0.4, -0.2) is 42.8 Å². The number of benzene rings is 2. The second-order valence-electron chi connectivity index (χ2n) is 8.25. The number of nitrogens with one attached hydrogen (secondary N) is 1. The third-order valence-electron chi connectivity index (χ3n) is 6.05. The van der Waals surface area contributed by atoms with E-state index in [0.29, 0.717) is 18.2 Å². The summed E-state index contributed by atoms with van der Waals surface area (Å²) in [6.45, 7) is 2.49. The maximum Gasteiger partial charge on any atom is 0.271 e. The van der Waals surface area contributed by atoms with E-state index in [1.54, 1.807) is 13.2 Å². The number of rotatable bonds is 8. The molecule has 3 aromatic rings. The summed E-state index contributed by atoms with van der Waals surface area (Å²) >= 11 is 0. The van der Waals surface area contributed by atoms with Crippen molar-refractivity contribution in [1.29, 1.82) is 0 Å². The van der Waals surface area contributed by atoms with Crippen LogP contribution in [0.3, 0.4) is 0 Å². The van der Waals surface area contributed by atoms with E-state index in [-0.39, 0.29) is 5.91 Å². The van der Waals surface area contributed by atoms with Crippen LogP contribution in [0.15, 0.2) is 66.7 Å². The van der Waals surface area contributed by atoms with Gasteiger partial charge in [0.1, 0.15) is 5.75 Å². The van der Waals surface area contributed by atoms with Crippen molar-refractivity contribution in [3.8, 4) is 5.75 Å². The summed E-state index contributed by atoms with van der Waals surface area (Å²) in [5, 5.41) is 11.4. The molecule has 6 nitrogen and oxygen atoms in total. The number of nitrogens with zero attached hydrogens (tertiary/aromatic N) is 3. The van der Waals surface area contributed by atoms with Crippen molar-refractivity contribution in [2.45, 2.75) is 25.7 Å². The maximum atomic E-state index is 12.4. The predicted molar refractivity (Wildman–Crippen MR) is 126 cm³/mol. The van der Waals surface area contributed by atoms with E-state index in [9.17, 15) is 4.79 Å². The molecule has 6 heteroatoms. The molecule has 0 saturated carbocycles. The van der Waals surface area contributed by atoms with Crippen LogP contribution < -0.4 is 15.0 Å². The first-order valence-electron chi connectivity index (χ1n) is 11.2. The molecule has 1 aliphatic rings. The van der Waals surface area contributed by atoms with Crippen molar-refractivity contribution in [2.75, 3.05) is 31.6 Å². The first-order valence-corrected chi connectivity index (χ1v) is 11.2. The highest BCUT2D eigenvalue weighted by molar-refractivity contribution is 5.92. The van der Waals surface area contributed by atoms with E-state index in [0.717, 1.165) is 55.9 Å². The van der Waals surface area contributed by atoms with E-state index >= 15 is 0 Å². The molecule has 1 amide bonds. The highest BCUT2D eigenvalue weighted by atomic mass is 16.5. The average molecular weight is 431 g/mol. The molecule has 1 aromatic heterocycles. The Morgan fingerprint density at radius 3 is 2.38 bits per heavy atom. The molecule has 1 fully saturated rings. The van der Waals surface area contributed by atoms with Gasteiger partial charge in [-0.25, -0.2) is 0 Å². The second-order valence-corrected chi connectivity index (χ2v) is 8.25. The van der Waals surface area contributed by atoms with Crippen LogP contribution in [0, 0.1) is 5.92 Å². The number of piperidine rings is 1. The highest BCUT2D eigenvalue weighted by Gasteiger charge is 2.21. The molecule has 0 radical (unpaired) electrons. The summed E-state index contributed by atoms with van der Waals surface area (Å²) in [4.78, 5) is 14.7. The lowest BCUT2D eigenvalue weighted by molar-refractivity contribution is 0.0948. The fourth-order valence-corrected chi connectivity index (χ4v) is 4.13. The van der Waals surface area contributed by atoms with Gasteiger partial charge in [-0.05, 0) is 67.0 Å². The Morgan fingerprint density at radius 1 is 0.969 bits per heavy atom. The molecule has 0 unspecified atom stereocenters. The minimum absolute atomic E-state index is 0.195. The quantitative estimate of drug-likeness (QED) is 0.587. The third-order valence-corrected chi connectivity index (χ3v) is 6.05. The number of hydrogen-bond donors (Lipinski definition) is 1. The molecular weight excluding hydrogens is 400 g/mol. The molecule has 4 rings (SSSR count). The molecule has 0 atom stereocenters. The van der Waals surface area contributed by atoms with Crippen LogP contribution in [0.2, 0.25) is 0 Å². The van der Waals surface area contributed by atoms with Gasteiger partial charge < -0.3 is 15.0 Å². The van der Waals surface area contributed by atoms with E-state index in [2.05, 4.69) is 50.7 Å². The first kappa shape index (κ1) is 21.8. The molecule has 1 aliphatic heterocycles. The molecule has 1 N–H and O–H groups in total. The summed E-state index contributed by atoms with van der Waals surface area (Å²) in [6.07, 6.45) is 4.17. The standard InChI is InChI=1S/C26H30N4O2/c1-32-23-9-7-20(8-10-23)13-16-27-26(31)24-11-12-25(29-28-24)30-17-14-22(15-18-30)19-21-5-3-2-4-6-21/h2-12,22H,13-19H2,1H3,(H,27,31). The molecular formula is C26H30N4O2. The van der Waals surface area contributed by atoms with E-state index < -0.39 is 0 Å². The van der Waals surface area contributed by atoms with Gasteiger partial charge in [0.2, 0.25) is 0 Å². The second kappa shape index (κ2) is 10.8. The van der Waals surface area contributed by atoms with Gasteiger partial charge in [-0.15, -0.1) is 10.2 Å². The molecule has 2 heterocycles. The number of anilines is 1. The molecule has 2 aromatic carbocycles. The first-order chi connectivity index (χ1) is 15.7. The number of methoxy groups -OCH3 is 1. The number of carbonyl (C=O) groups excluding carboxylic acids is 1. The minimum Gasteiger partial charge on any atom is -0.497 e. The third kappa shape index (κ3) is 5.84. The fraction of sp³-hybridized carbons (Fsp3) is 0.346. The van der Waals surface area contributed by atoms with Crippen molar-refractivity contribution >= 4 is 11.7 Å². The van der Waals surface area contributed by atoms with Crippen LogP contribution in [-0.2, 0) is 12.8 Å². The Bertz CT molecular complexity index is 983. The Hall–Kier alpha value is -3.41. The number of aromatic nitrogens is 2. The van der Waals surface area contributed by atoms with Gasteiger partial charge in [0.25, 0.3) is 5.91 Å². The zero-order valence-electron chi connectivity index (χ0n) is 18.5. The monoisotopic (exact) mass is 430 g/mol. The smallest absolute Gasteiger partial charge is 0.271 e. The Labute approximate surface area is 189 Å². The fourth-order valence-electron chi connectivity index (χ4n) is 4.13. The number of carbonyl (C=O) groups is 1. The van der Waals surface area contributed by atoms with Crippen molar-refractivity contribution < 1.29 is 9.53 Å². The summed E-state index contributed by atoms with van der Waals surface area (Å²) in [7, 11) is 1.65. The van der Waals surface area contributed by atoms with Crippen molar-refractivity contribution in [2.24, 2.45) is 5.92 Å². The van der Waals surface area contributed by atoms with Crippen LogP contribution >= 0.6 is 0 Å². The number of ether oxygens (including phenoxy) is 1. The Balaban J connectivity index is 1.22. The number of amides is 1. The molecule has 0 spiro atoms. The zero-order valence-corrected chi connectivity index (χ0v) is 18.5. The topological polar surface area (TPSA) is 67.3 Å². The van der Waals surface area contributed by atoms with Gasteiger partial charge in [-0.3, -0.25) is 4.79 Å². The van der Waals surface area contributed by atoms with Gasteiger partial charge in [-0.1, -0.05) is 42.5 Å². The average Bonchev–Trinajstić information content (AvgIpc) is 2.86. The van der Waals surface area contributed by atoms with E-state index in [1.165, 1.54) is 5.56 Å². The van der Waals surface area contributed by atoms with Gasteiger partial charge in [0, 0.05) is 19.6 Å². The van der Waals surface area contributed by atoms with Gasteiger partial charge in [-0.2, -0.15) is 0 Å². The lowest BCUT2D eigenvalue weighted by Crippen LogP contribution is -2.35. The summed E-state index contributed by atoms with van der Waals surface area (Å²) in [5.41, 5.74) is 2.90. The van der Waals surface area contributed by atoms with Crippen LogP contribution in [0.4, 0.5) is 5.82 Å². The van der Waals surface area contributed by atoms with Gasteiger partial charge >= 0.3 is 0 Å². The Morgan fingerprint density at radius 2 is 1.72 bits per heavy atom. The summed E-state index contributed by atoms with van der Waals surface area (Å²) in [6, 6.07) is 22.2. The van der Waals surface area contributed by atoms with Crippen molar-refractivity contribution in [3.05, 3.63) is 83.6 Å². The lowest BCUT2D eigenvalue weighted by atomic mass is 9.90. The maximum absolute atomic E-state index is 12.4. The zero-order chi connectivity index (χ0) is 22.2.